The number of aliphatic hydroxyl groups excluding tert-OH is 1. The summed E-state index contributed by atoms with van der Waals surface area (Å²) < 4.78 is 61.1. The summed E-state index contributed by atoms with van der Waals surface area (Å²) in [6.07, 6.45) is 0.198. The third kappa shape index (κ3) is 13.0. The molecule has 1 fully saturated rings. The van der Waals surface area contributed by atoms with E-state index in [0.29, 0.717) is 17.2 Å². The Bertz CT molecular complexity index is 1160. The Morgan fingerprint density at radius 1 is 1.11 bits per heavy atom. The molecule has 210 valence electrons. The Balaban J connectivity index is 1.63. The van der Waals surface area contributed by atoms with Crippen LogP contribution in [0.5, 0.6) is 0 Å². The summed E-state index contributed by atoms with van der Waals surface area (Å²) in [5.74, 6) is -3.49. The van der Waals surface area contributed by atoms with Gasteiger partial charge in [0, 0.05) is 37.1 Å². The first-order valence-corrected chi connectivity index (χ1v) is 19.4. The number of carbonyl (C=O) groups excluding carboxylic acids is 2. The number of nitrogens with zero attached hydrogens (tertiary/aromatic N) is 2. The summed E-state index contributed by atoms with van der Waals surface area (Å²) >= 11 is 0. The van der Waals surface area contributed by atoms with E-state index in [-0.39, 0.29) is 31.6 Å². The van der Waals surface area contributed by atoms with Crippen molar-refractivity contribution in [3.05, 3.63) is 24.4 Å². The number of aromatic nitrogens is 1. The highest BCUT2D eigenvalue weighted by Crippen LogP contribution is 2.42. The van der Waals surface area contributed by atoms with Crippen molar-refractivity contribution in [2.24, 2.45) is 0 Å². The Labute approximate surface area is 224 Å². The Morgan fingerprint density at radius 3 is 2.41 bits per heavy atom. The predicted octanol–water partition coefficient (Wildman–Crippen LogP) is 1.49. The summed E-state index contributed by atoms with van der Waals surface area (Å²) in [6.45, 7) is 0. The lowest BCUT2D eigenvalue weighted by molar-refractivity contribution is -0.220. The molecular weight excluding hydrogens is 587 g/mol. The Morgan fingerprint density at radius 2 is 1.78 bits per heavy atom. The molecule has 37 heavy (non-hydrogen) atoms. The zero-order chi connectivity index (χ0) is 27.5. The second-order valence-electron chi connectivity index (χ2n) is 8.33. The second kappa shape index (κ2) is 14.8. The maximum Gasteiger partial charge on any atom is 0.333 e. The number of rotatable bonds is 17. The highest BCUT2D eigenvalue weighted by Gasteiger charge is 2.33. The fraction of sp³-hybridized carbons (Fsp3) is 0.650. The average molecular weight is 619 g/mol. The molecule has 1 aromatic rings. The molecule has 1 aromatic heterocycles. The molecule has 17 heteroatoms. The number of aliphatic hydroxyl groups is 1. The summed E-state index contributed by atoms with van der Waals surface area (Å²) in [6, 6.07) is 5.53. The number of hydrogen-bond donors (Lipinski definition) is 2. The van der Waals surface area contributed by atoms with Gasteiger partial charge in [-0.2, -0.15) is 0 Å². The lowest BCUT2D eigenvalue weighted by Crippen LogP contribution is -2.35. The predicted molar refractivity (Wildman–Crippen MR) is 141 cm³/mol. The van der Waals surface area contributed by atoms with Gasteiger partial charge in [-0.25, -0.2) is 26.6 Å². The van der Waals surface area contributed by atoms with Crippen LogP contribution in [0, 0.1) is 0 Å². The van der Waals surface area contributed by atoms with E-state index in [0.717, 1.165) is 5.03 Å². The van der Waals surface area contributed by atoms with Crippen molar-refractivity contribution in [1.29, 1.82) is 0 Å². The van der Waals surface area contributed by atoms with Gasteiger partial charge in [0.25, 0.3) is 5.91 Å². The number of hydroxylamine groups is 2. The van der Waals surface area contributed by atoms with Gasteiger partial charge in [-0.3, -0.25) is 9.36 Å². The second-order valence-corrected chi connectivity index (χ2v) is 18.0. The first-order chi connectivity index (χ1) is 17.3. The van der Waals surface area contributed by atoms with E-state index in [1.54, 1.807) is 6.20 Å². The summed E-state index contributed by atoms with van der Waals surface area (Å²) in [4.78, 5) is 42.2. The highest BCUT2D eigenvalue weighted by molar-refractivity contribution is 8.76. The molecule has 1 saturated heterocycles. The van der Waals surface area contributed by atoms with Gasteiger partial charge in [-0.15, -0.1) is 5.06 Å². The zero-order valence-electron chi connectivity index (χ0n) is 20.0. The SMILES string of the molecule is O=C(CCS(=O)(=O)CCS(=O)(=O)CCCP(=O)(O)CCCSSc1ccccn1)ON1C(=O)CCC1O. The van der Waals surface area contributed by atoms with E-state index in [2.05, 4.69) is 9.82 Å². The van der Waals surface area contributed by atoms with Crippen LogP contribution in [0.4, 0.5) is 0 Å². The van der Waals surface area contributed by atoms with Gasteiger partial charge in [0.2, 0.25) is 7.37 Å². The van der Waals surface area contributed by atoms with Crippen LogP contribution < -0.4 is 0 Å². The molecule has 0 aromatic carbocycles. The van der Waals surface area contributed by atoms with E-state index in [1.165, 1.54) is 21.6 Å². The molecule has 1 aliphatic rings. The molecule has 2 heterocycles. The van der Waals surface area contributed by atoms with Crippen molar-refractivity contribution in [3.63, 3.8) is 0 Å². The van der Waals surface area contributed by atoms with Crippen LogP contribution >= 0.6 is 29.0 Å². The molecule has 2 N–H and O–H groups in total. The fourth-order valence-corrected chi connectivity index (χ4v) is 10.5. The largest absolute Gasteiger partial charge is 0.370 e. The maximum atomic E-state index is 12.3. The van der Waals surface area contributed by atoms with Crippen LogP contribution in [-0.2, 0) is 38.7 Å². The van der Waals surface area contributed by atoms with Crippen LogP contribution in [0.3, 0.4) is 0 Å². The van der Waals surface area contributed by atoms with Crippen molar-refractivity contribution in [3.8, 4) is 0 Å². The smallest absolute Gasteiger partial charge is 0.333 e. The number of carbonyl (C=O) groups is 2. The first kappa shape index (κ1) is 32.1. The molecule has 0 saturated carbocycles. The molecule has 0 spiro atoms. The number of sulfone groups is 2. The molecule has 0 bridgehead atoms. The Hall–Kier alpha value is -1.16. The monoisotopic (exact) mass is 618 g/mol. The van der Waals surface area contributed by atoms with E-state index in [1.807, 2.05) is 18.2 Å². The van der Waals surface area contributed by atoms with Gasteiger partial charge in [0.05, 0.1) is 29.4 Å². The van der Waals surface area contributed by atoms with Gasteiger partial charge in [0.15, 0.2) is 25.9 Å². The molecule has 1 amide bonds. The molecule has 2 atom stereocenters. The highest BCUT2D eigenvalue weighted by atomic mass is 33.1. The van der Waals surface area contributed by atoms with Gasteiger partial charge < -0.3 is 14.8 Å². The normalized spacial score (nSPS) is 18.1. The van der Waals surface area contributed by atoms with Crippen LogP contribution in [-0.4, -0.2) is 96.1 Å². The molecule has 0 aliphatic carbocycles. The Kier molecular flexibility index (Phi) is 12.9. The number of hydrogen-bond acceptors (Lipinski definition) is 12. The van der Waals surface area contributed by atoms with E-state index in [4.69, 9.17) is 0 Å². The lowest BCUT2D eigenvalue weighted by Gasteiger charge is -2.18. The molecular formula is C20H31N2O10PS4. The van der Waals surface area contributed by atoms with Crippen molar-refractivity contribution in [2.45, 2.75) is 43.4 Å². The number of amides is 1. The molecule has 2 unspecified atom stereocenters. The van der Waals surface area contributed by atoms with Gasteiger partial charge in [0.1, 0.15) is 5.03 Å². The van der Waals surface area contributed by atoms with Crippen molar-refractivity contribution >= 4 is 60.5 Å². The van der Waals surface area contributed by atoms with Crippen LogP contribution in [0.1, 0.15) is 32.1 Å². The third-order valence-corrected chi connectivity index (χ3v) is 13.2. The zero-order valence-corrected chi connectivity index (χ0v) is 24.2. The van der Waals surface area contributed by atoms with Crippen molar-refractivity contribution in [1.82, 2.24) is 10.0 Å². The standard InChI is InChI=1S/C20H31N2O10PS4/c23-18-6-7-19(24)22(18)32-20(25)8-14-37(30,31)16-15-36(28,29)13-4-11-33(26,27)10-3-12-34-35-17-5-1-2-9-21-17/h1-2,5,9,18,23H,3-4,6-8,10-16H2,(H,26,27). The summed E-state index contributed by atoms with van der Waals surface area (Å²) in [5.41, 5.74) is 0. The summed E-state index contributed by atoms with van der Waals surface area (Å²) in [5, 5.41) is 10.9. The van der Waals surface area contributed by atoms with Crippen LogP contribution in [0.2, 0.25) is 0 Å². The average Bonchev–Trinajstić information content (AvgIpc) is 3.14. The maximum absolute atomic E-state index is 12.3. The van der Waals surface area contributed by atoms with Crippen LogP contribution in [0.25, 0.3) is 0 Å². The van der Waals surface area contributed by atoms with Gasteiger partial charge >= 0.3 is 5.97 Å². The van der Waals surface area contributed by atoms with E-state index >= 15 is 0 Å². The minimum Gasteiger partial charge on any atom is -0.370 e. The van der Waals surface area contributed by atoms with Crippen molar-refractivity contribution in [2.75, 3.05) is 41.1 Å². The molecule has 0 radical (unpaired) electrons. The quantitative estimate of drug-likeness (QED) is 0.145. The molecule has 2 rings (SSSR count). The lowest BCUT2D eigenvalue weighted by atomic mass is 10.4. The van der Waals surface area contributed by atoms with Crippen molar-refractivity contribution < 1.29 is 45.8 Å². The first-order valence-electron chi connectivity index (χ1n) is 11.4. The number of pyridine rings is 1. The van der Waals surface area contributed by atoms with Crippen LogP contribution in [0.15, 0.2) is 29.4 Å². The van der Waals surface area contributed by atoms with E-state index in [9.17, 15) is 41.0 Å². The summed E-state index contributed by atoms with van der Waals surface area (Å²) in [7, 11) is -8.25. The van der Waals surface area contributed by atoms with Gasteiger partial charge in [-0.1, -0.05) is 16.9 Å². The fourth-order valence-electron chi connectivity index (χ4n) is 3.12. The minimum atomic E-state index is -3.92. The molecule has 1 aliphatic heterocycles. The van der Waals surface area contributed by atoms with E-state index < -0.39 is 74.6 Å². The molecule has 12 nitrogen and oxygen atoms in total. The van der Waals surface area contributed by atoms with Gasteiger partial charge in [-0.05, 0) is 35.8 Å². The minimum absolute atomic E-state index is 0.00123. The topological polar surface area (TPSA) is 185 Å². The third-order valence-electron chi connectivity index (χ3n) is 5.14.